The van der Waals surface area contributed by atoms with E-state index < -0.39 is 5.60 Å². The fraction of sp³-hybridized carbons (Fsp3) is 0.0323. The van der Waals surface area contributed by atoms with E-state index >= 15 is 0 Å². The van der Waals surface area contributed by atoms with Crippen LogP contribution in [0.1, 0.15) is 16.7 Å². The summed E-state index contributed by atoms with van der Waals surface area (Å²) in [7, 11) is 0. The first-order valence-corrected chi connectivity index (χ1v) is 11.2. The summed E-state index contributed by atoms with van der Waals surface area (Å²) in [5.74, 6) is 0. The Morgan fingerprint density at radius 3 is 1.30 bits per heavy atom. The molecule has 0 saturated carbocycles. The number of hydrogen-bond acceptors (Lipinski definition) is 1. The summed E-state index contributed by atoms with van der Waals surface area (Å²) in [6.07, 6.45) is 0. The normalized spacial score (nSPS) is 11.8. The van der Waals surface area contributed by atoms with E-state index in [4.69, 9.17) is 0 Å². The van der Waals surface area contributed by atoms with E-state index in [9.17, 15) is 5.11 Å². The van der Waals surface area contributed by atoms with Gasteiger partial charge in [-0.15, -0.1) is 0 Å². The topological polar surface area (TPSA) is 25.2 Å². The highest BCUT2D eigenvalue weighted by atomic mass is 16.3. The lowest BCUT2D eigenvalue weighted by molar-refractivity contribution is 0.125. The molecule has 0 bridgehead atoms. The SMILES string of the molecule is OC(c1ccccc1)(c1ccccc1)c1ccc(-n2c3ccccc3c3ccccc32)cc1. The lowest BCUT2D eigenvalue weighted by atomic mass is 9.80. The minimum Gasteiger partial charge on any atom is -0.376 e. The van der Waals surface area contributed by atoms with Crippen molar-refractivity contribution in [3.8, 4) is 5.69 Å². The molecule has 158 valence electrons. The van der Waals surface area contributed by atoms with Crippen LogP contribution in [-0.4, -0.2) is 9.67 Å². The maximum Gasteiger partial charge on any atom is 0.140 e. The first-order chi connectivity index (χ1) is 16.3. The molecule has 6 aromatic rings. The van der Waals surface area contributed by atoms with Crippen LogP contribution in [0.15, 0.2) is 133 Å². The van der Waals surface area contributed by atoms with Gasteiger partial charge in [0.05, 0.1) is 11.0 Å². The van der Waals surface area contributed by atoms with E-state index in [0.29, 0.717) is 0 Å². The molecule has 0 aliphatic heterocycles. The van der Waals surface area contributed by atoms with Crippen molar-refractivity contribution in [3.63, 3.8) is 0 Å². The van der Waals surface area contributed by atoms with Crippen LogP contribution in [0.3, 0.4) is 0 Å². The maximum atomic E-state index is 12.1. The lowest BCUT2D eigenvalue weighted by Gasteiger charge is -2.30. The molecule has 0 fully saturated rings. The van der Waals surface area contributed by atoms with Crippen molar-refractivity contribution in [3.05, 3.63) is 150 Å². The first kappa shape index (κ1) is 19.5. The van der Waals surface area contributed by atoms with Crippen molar-refractivity contribution >= 4 is 21.8 Å². The molecule has 6 rings (SSSR count). The summed E-state index contributed by atoms with van der Waals surface area (Å²) in [5.41, 5.74) is 4.72. The standard InChI is InChI=1S/C31H23NO/c33-31(23-11-3-1-4-12-23,24-13-5-2-6-14-24)25-19-21-26(22-20-25)32-29-17-9-7-15-27(29)28-16-8-10-18-30(28)32/h1-22,33H. The first-order valence-electron chi connectivity index (χ1n) is 11.2. The molecule has 2 heteroatoms. The average Bonchev–Trinajstić information content (AvgIpc) is 3.24. The Bertz CT molecular complexity index is 1450. The van der Waals surface area contributed by atoms with Gasteiger partial charge in [-0.25, -0.2) is 0 Å². The van der Waals surface area contributed by atoms with Gasteiger partial charge in [0.15, 0.2) is 0 Å². The number of aliphatic hydroxyl groups is 1. The van der Waals surface area contributed by atoms with Gasteiger partial charge < -0.3 is 9.67 Å². The molecule has 0 aliphatic carbocycles. The predicted octanol–water partition coefficient (Wildman–Crippen LogP) is 7.07. The average molecular weight is 426 g/mol. The van der Waals surface area contributed by atoms with Crippen molar-refractivity contribution in [1.29, 1.82) is 0 Å². The Balaban J connectivity index is 1.54. The summed E-state index contributed by atoms with van der Waals surface area (Å²) < 4.78 is 2.29. The van der Waals surface area contributed by atoms with E-state index in [0.717, 1.165) is 22.4 Å². The molecule has 0 aliphatic rings. The van der Waals surface area contributed by atoms with E-state index in [2.05, 4.69) is 65.2 Å². The molecule has 1 N–H and O–H groups in total. The number of benzene rings is 5. The quantitative estimate of drug-likeness (QED) is 0.300. The summed E-state index contributed by atoms with van der Waals surface area (Å²) >= 11 is 0. The van der Waals surface area contributed by atoms with Crippen molar-refractivity contribution in [1.82, 2.24) is 4.57 Å². The highest BCUT2D eigenvalue weighted by molar-refractivity contribution is 6.09. The van der Waals surface area contributed by atoms with E-state index in [-0.39, 0.29) is 0 Å². The van der Waals surface area contributed by atoms with Crippen molar-refractivity contribution in [2.24, 2.45) is 0 Å². The van der Waals surface area contributed by atoms with Crippen LogP contribution in [0, 0.1) is 0 Å². The molecular weight excluding hydrogens is 402 g/mol. The number of nitrogens with zero attached hydrogens (tertiary/aromatic N) is 1. The molecule has 1 heterocycles. The van der Waals surface area contributed by atoms with Gasteiger partial charge in [0.2, 0.25) is 0 Å². The Hall–Kier alpha value is -4.14. The smallest absolute Gasteiger partial charge is 0.140 e. The van der Waals surface area contributed by atoms with E-state index in [1.807, 2.05) is 72.8 Å². The fourth-order valence-electron chi connectivity index (χ4n) is 4.91. The van der Waals surface area contributed by atoms with Gasteiger partial charge in [-0.05, 0) is 41.0 Å². The Kier molecular flexibility index (Phi) is 4.60. The van der Waals surface area contributed by atoms with Gasteiger partial charge in [0.1, 0.15) is 5.60 Å². The van der Waals surface area contributed by atoms with Crippen LogP contribution in [-0.2, 0) is 5.60 Å². The van der Waals surface area contributed by atoms with Crippen LogP contribution in [0.4, 0.5) is 0 Å². The molecule has 0 atom stereocenters. The number of para-hydroxylation sites is 2. The number of fused-ring (bicyclic) bond motifs is 3. The minimum absolute atomic E-state index is 0.837. The molecule has 5 aromatic carbocycles. The van der Waals surface area contributed by atoms with Gasteiger partial charge in [0, 0.05) is 16.5 Å². The highest BCUT2D eigenvalue weighted by Crippen LogP contribution is 2.38. The summed E-state index contributed by atoms with van der Waals surface area (Å²) in [5, 5.41) is 14.6. The van der Waals surface area contributed by atoms with Crippen molar-refractivity contribution in [2.75, 3.05) is 0 Å². The zero-order valence-electron chi connectivity index (χ0n) is 18.1. The van der Waals surface area contributed by atoms with Gasteiger partial charge in [0.25, 0.3) is 0 Å². The molecule has 2 nitrogen and oxygen atoms in total. The molecule has 0 saturated heterocycles. The molecular formula is C31H23NO. The van der Waals surface area contributed by atoms with Gasteiger partial charge in [-0.2, -0.15) is 0 Å². The van der Waals surface area contributed by atoms with Crippen molar-refractivity contribution in [2.45, 2.75) is 5.60 Å². The third kappa shape index (κ3) is 3.07. The Morgan fingerprint density at radius 2 is 0.818 bits per heavy atom. The summed E-state index contributed by atoms with van der Waals surface area (Å²) in [6.45, 7) is 0. The van der Waals surface area contributed by atoms with Crippen LogP contribution in [0.5, 0.6) is 0 Å². The summed E-state index contributed by atoms with van der Waals surface area (Å²) in [4.78, 5) is 0. The highest BCUT2D eigenvalue weighted by Gasteiger charge is 2.33. The van der Waals surface area contributed by atoms with E-state index in [1.165, 1.54) is 21.8 Å². The monoisotopic (exact) mass is 425 g/mol. The van der Waals surface area contributed by atoms with Gasteiger partial charge in [-0.3, -0.25) is 0 Å². The van der Waals surface area contributed by atoms with Crippen LogP contribution < -0.4 is 0 Å². The molecule has 33 heavy (non-hydrogen) atoms. The molecule has 0 amide bonds. The number of hydrogen-bond donors (Lipinski definition) is 1. The van der Waals surface area contributed by atoms with Crippen LogP contribution >= 0.6 is 0 Å². The second kappa shape index (κ2) is 7.77. The molecule has 0 radical (unpaired) electrons. The van der Waals surface area contributed by atoms with Crippen molar-refractivity contribution < 1.29 is 5.11 Å². The minimum atomic E-state index is -1.23. The fourth-order valence-corrected chi connectivity index (χ4v) is 4.91. The predicted molar refractivity (Wildman–Crippen MR) is 136 cm³/mol. The maximum absolute atomic E-state index is 12.1. The lowest BCUT2D eigenvalue weighted by Crippen LogP contribution is -2.28. The molecule has 0 unspecified atom stereocenters. The second-order valence-corrected chi connectivity index (χ2v) is 8.36. The summed E-state index contributed by atoms with van der Waals surface area (Å²) in [6, 6.07) is 45.0. The zero-order chi connectivity index (χ0) is 22.3. The Morgan fingerprint density at radius 1 is 0.424 bits per heavy atom. The van der Waals surface area contributed by atoms with Gasteiger partial charge in [-0.1, -0.05) is 109 Å². The van der Waals surface area contributed by atoms with Gasteiger partial charge >= 0.3 is 0 Å². The molecule has 1 aromatic heterocycles. The number of aromatic nitrogens is 1. The van der Waals surface area contributed by atoms with E-state index in [1.54, 1.807) is 0 Å². The number of rotatable bonds is 4. The van der Waals surface area contributed by atoms with Crippen LogP contribution in [0.25, 0.3) is 27.5 Å². The van der Waals surface area contributed by atoms with Crippen LogP contribution in [0.2, 0.25) is 0 Å². The largest absolute Gasteiger partial charge is 0.376 e. The Labute approximate surface area is 193 Å². The third-order valence-corrected chi connectivity index (χ3v) is 6.51. The molecule has 0 spiro atoms. The second-order valence-electron chi connectivity index (χ2n) is 8.36. The zero-order valence-corrected chi connectivity index (χ0v) is 18.1. The third-order valence-electron chi connectivity index (χ3n) is 6.51.